The van der Waals surface area contributed by atoms with Gasteiger partial charge in [-0.05, 0) is 41.0 Å². The van der Waals surface area contributed by atoms with Gasteiger partial charge in [-0.15, -0.1) is 0 Å². The highest BCUT2D eigenvalue weighted by Crippen LogP contribution is 2.26. The number of nitrogens with one attached hydrogen (secondary N) is 1. The van der Waals surface area contributed by atoms with Crippen LogP contribution in [-0.4, -0.2) is 27.4 Å². The first-order chi connectivity index (χ1) is 10.9. The molecule has 1 rings (SSSR count). The molecule has 1 amide bonds. The van der Waals surface area contributed by atoms with Crippen LogP contribution in [0.3, 0.4) is 0 Å². The van der Waals surface area contributed by atoms with Crippen molar-refractivity contribution in [2.45, 2.75) is 59.1 Å². The first-order valence-corrected chi connectivity index (χ1v) is 8.36. The second kappa shape index (κ2) is 7.66. The first kappa shape index (κ1) is 20.6. The highest BCUT2D eigenvalue weighted by molar-refractivity contribution is 6.32. The van der Waals surface area contributed by atoms with Crippen LogP contribution in [0.5, 0.6) is 0 Å². The molecule has 1 N–H and O–H groups in total. The minimum Gasteiger partial charge on any atom is -0.459 e. The van der Waals surface area contributed by atoms with Gasteiger partial charge in [0.2, 0.25) is 5.91 Å². The fourth-order valence-electron chi connectivity index (χ4n) is 2.05. The van der Waals surface area contributed by atoms with Crippen molar-refractivity contribution in [3.63, 3.8) is 0 Å². The number of rotatable bonds is 5. The van der Waals surface area contributed by atoms with E-state index >= 15 is 0 Å². The van der Waals surface area contributed by atoms with Gasteiger partial charge in [0.15, 0.2) is 5.15 Å². The van der Waals surface area contributed by atoms with Gasteiger partial charge in [0.1, 0.15) is 22.4 Å². The van der Waals surface area contributed by atoms with Crippen LogP contribution in [0.15, 0.2) is 6.20 Å². The van der Waals surface area contributed by atoms with Crippen molar-refractivity contribution >= 4 is 35.1 Å². The van der Waals surface area contributed by atoms with Gasteiger partial charge in [0.05, 0.1) is 11.7 Å². The maximum Gasteiger partial charge on any atom is 0.318 e. The Morgan fingerprint density at radius 3 is 2.29 bits per heavy atom. The molecule has 0 radical (unpaired) electrons. The molecular weight excluding hydrogens is 353 g/mol. The molecule has 0 saturated carbocycles. The molecule has 1 heterocycles. The maximum absolute atomic E-state index is 12.5. The van der Waals surface area contributed by atoms with E-state index in [4.69, 9.17) is 27.9 Å². The molecule has 24 heavy (non-hydrogen) atoms. The van der Waals surface area contributed by atoms with Crippen LogP contribution < -0.4 is 5.32 Å². The zero-order chi connectivity index (χ0) is 18.7. The summed E-state index contributed by atoms with van der Waals surface area (Å²) in [4.78, 5) is 32.8. The fraction of sp³-hybridized carbons (Fsp3) is 0.625. The summed E-state index contributed by atoms with van der Waals surface area (Å²) in [6.07, 6.45) is 1.67. The van der Waals surface area contributed by atoms with Gasteiger partial charge in [-0.3, -0.25) is 14.6 Å². The van der Waals surface area contributed by atoms with Gasteiger partial charge < -0.3 is 10.1 Å². The van der Waals surface area contributed by atoms with Crippen molar-refractivity contribution in [2.75, 3.05) is 0 Å². The molecule has 134 valence electrons. The van der Waals surface area contributed by atoms with Crippen molar-refractivity contribution in [3.8, 4) is 0 Å². The van der Waals surface area contributed by atoms with Crippen molar-refractivity contribution in [2.24, 2.45) is 5.92 Å². The Morgan fingerprint density at radius 1 is 1.25 bits per heavy atom. The van der Waals surface area contributed by atoms with Crippen LogP contribution in [0.2, 0.25) is 10.3 Å². The Kier molecular flexibility index (Phi) is 6.59. The van der Waals surface area contributed by atoms with Crippen LogP contribution in [0, 0.1) is 5.92 Å². The lowest BCUT2D eigenvalue weighted by atomic mass is 9.98. The number of carbonyl (C=O) groups excluding carboxylic acids is 2. The van der Waals surface area contributed by atoms with E-state index in [0.717, 1.165) is 0 Å². The van der Waals surface area contributed by atoms with Gasteiger partial charge in [0.25, 0.3) is 0 Å². The highest BCUT2D eigenvalue weighted by Gasteiger charge is 2.35. The molecule has 0 saturated heterocycles. The summed E-state index contributed by atoms with van der Waals surface area (Å²) >= 11 is 11.8. The van der Waals surface area contributed by atoms with E-state index in [0.29, 0.717) is 12.1 Å². The molecule has 0 fully saturated rings. The third-order valence-corrected chi connectivity index (χ3v) is 3.59. The quantitative estimate of drug-likeness (QED) is 0.628. The second-order valence-corrected chi connectivity index (χ2v) is 7.69. The monoisotopic (exact) mass is 375 g/mol. The number of aromatic nitrogens is 2. The normalized spacial score (nSPS) is 13.3. The summed E-state index contributed by atoms with van der Waals surface area (Å²) < 4.78 is 5.30. The number of hydrogen-bond acceptors (Lipinski definition) is 5. The smallest absolute Gasteiger partial charge is 0.318 e. The number of nitrogens with zero attached hydrogens (tertiary/aromatic N) is 2. The Bertz CT molecular complexity index is 627. The number of hydrogen-bond donors (Lipinski definition) is 1. The summed E-state index contributed by atoms with van der Waals surface area (Å²) in [7, 11) is 0. The molecular formula is C16H23Cl2N3O3. The van der Waals surface area contributed by atoms with Crippen LogP contribution in [0.25, 0.3) is 0 Å². The average Bonchev–Trinajstić information content (AvgIpc) is 2.35. The molecule has 0 aliphatic carbocycles. The summed E-state index contributed by atoms with van der Waals surface area (Å²) in [5.41, 5.74) is -1.23. The van der Waals surface area contributed by atoms with E-state index in [1.54, 1.807) is 41.5 Å². The molecule has 0 aliphatic heterocycles. The maximum atomic E-state index is 12.5. The third kappa shape index (κ3) is 5.60. The van der Waals surface area contributed by atoms with E-state index in [9.17, 15) is 9.59 Å². The van der Waals surface area contributed by atoms with Crippen molar-refractivity contribution in [1.29, 1.82) is 0 Å². The van der Waals surface area contributed by atoms with E-state index in [1.165, 1.54) is 6.20 Å². The topological polar surface area (TPSA) is 81.2 Å². The largest absolute Gasteiger partial charge is 0.459 e. The molecule has 0 aromatic carbocycles. The molecule has 8 heteroatoms. The van der Waals surface area contributed by atoms with Crippen molar-refractivity contribution in [1.82, 2.24) is 15.3 Å². The van der Waals surface area contributed by atoms with E-state index in [-0.39, 0.29) is 10.3 Å². The SMILES string of the molecule is CCC(C(=O)NC(C)(C)c1ncc(Cl)nc1Cl)C(=O)OC(C)(C)C. The summed E-state index contributed by atoms with van der Waals surface area (Å²) in [6, 6.07) is 0. The summed E-state index contributed by atoms with van der Waals surface area (Å²) in [5.74, 6) is -1.93. The Labute approximate surface area is 152 Å². The molecule has 1 aromatic rings. The average molecular weight is 376 g/mol. The molecule has 1 aromatic heterocycles. The zero-order valence-electron chi connectivity index (χ0n) is 14.7. The predicted octanol–water partition coefficient (Wildman–Crippen LogP) is 3.50. The minimum atomic E-state index is -0.929. The van der Waals surface area contributed by atoms with E-state index < -0.39 is 28.9 Å². The second-order valence-electron chi connectivity index (χ2n) is 6.94. The van der Waals surface area contributed by atoms with Gasteiger partial charge >= 0.3 is 5.97 Å². The number of ether oxygens (including phenoxy) is 1. The summed E-state index contributed by atoms with van der Waals surface area (Å²) in [6.45, 7) is 10.4. The third-order valence-electron chi connectivity index (χ3n) is 3.14. The number of halogens is 2. The lowest BCUT2D eigenvalue weighted by Crippen LogP contribution is -2.47. The van der Waals surface area contributed by atoms with Crippen LogP contribution in [0.1, 0.15) is 53.7 Å². The molecule has 0 spiro atoms. The molecule has 0 aliphatic rings. The van der Waals surface area contributed by atoms with Crippen LogP contribution in [-0.2, 0) is 19.9 Å². The molecule has 0 bridgehead atoms. The van der Waals surface area contributed by atoms with Gasteiger partial charge in [0, 0.05) is 0 Å². The minimum absolute atomic E-state index is 0.0955. The van der Waals surface area contributed by atoms with E-state index in [1.807, 2.05) is 0 Å². The summed E-state index contributed by atoms with van der Waals surface area (Å²) in [5, 5.41) is 3.03. The van der Waals surface area contributed by atoms with Gasteiger partial charge in [-0.2, -0.15) is 0 Å². The van der Waals surface area contributed by atoms with Crippen LogP contribution in [0.4, 0.5) is 0 Å². The predicted molar refractivity (Wildman–Crippen MR) is 92.8 cm³/mol. The zero-order valence-corrected chi connectivity index (χ0v) is 16.2. The van der Waals surface area contributed by atoms with Gasteiger partial charge in [-0.25, -0.2) is 4.98 Å². The van der Waals surface area contributed by atoms with Crippen LogP contribution >= 0.6 is 23.2 Å². The Hall–Kier alpha value is -1.40. The number of amides is 1. The molecule has 1 unspecified atom stereocenters. The molecule has 6 nitrogen and oxygen atoms in total. The Balaban J connectivity index is 2.95. The first-order valence-electron chi connectivity index (χ1n) is 7.60. The number of esters is 1. The van der Waals surface area contributed by atoms with Crippen molar-refractivity contribution in [3.05, 3.63) is 22.2 Å². The Morgan fingerprint density at radius 2 is 1.83 bits per heavy atom. The van der Waals surface area contributed by atoms with Crippen molar-refractivity contribution < 1.29 is 14.3 Å². The highest BCUT2D eigenvalue weighted by atomic mass is 35.5. The fourth-order valence-corrected chi connectivity index (χ4v) is 2.60. The molecule has 1 atom stereocenters. The lowest BCUT2D eigenvalue weighted by Gasteiger charge is -2.29. The van der Waals surface area contributed by atoms with E-state index in [2.05, 4.69) is 15.3 Å². The standard InChI is InChI=1S/C16H23Cl2N3O3/c1-7-9(14(23)24-15(2,3)4)13(22)21-16(5,6)11-12(18)20-10(17)8-19-11/h8-9H,7H2,1-6H3,(H,21,22). The van der Waals surface area contributed by atoms with Gasteiger partial charge in [-0.1, -0.05) is 30.1 Å². The number of carbonyl (C=O) groups is 2. The lowest BCUT2D eigenvalue weighted by molar-refractivity contribution is -0.162.